The Hall–Kier alpha value is -2.42. The molecule has 0 saturated heterocycles. The molecule has 1 saturated carbocycles. The summed E-state index contributed by atoms with van der Waals surface area (Å²) >= 11 is 0. The van der Waals surface area contributed by atoms with Gasteiger partial charge in [-0.25, -0.2) is 4.98 Å². The third-order valence-electron chi connectivity index (χ3n) is 4.14. The summed E-state index contributed by atoms with van der Waals surface area (Å²) in [6.07, 6.45) is 3.90. The Morgan fingerprint density at radius 3 is 2.67 bits per heavy atom. The van der Waals surface area contributed by atoms with Crippen molar-refractivity contribution in [2.45, 2.75) is 25.8 Å². The van der Waals surface area contributed by atoms with Crippen molar-refractivity contribution >= 4 is 11.0 Å². The van der Waals surface area contributed by atoms with Crippen LogP contribution in [0.3, 0.4) is 0 Å². The molecule has 0 amide bonds. The first-order valence-corrected chi connectivity index (χ1v) is 7.32. The third-order valence-corrected chi connectivity index (χ3v) is 4.14. The molecule has 3 nitrogen and oxygen atoms in total. The van der Waals surface area contributed by atoms with Gasteiger partial charge in [0.2, 0.25) is 0 Å². The molecule has 0 bridgehead atoms. The fourth-order valence-electron chi connectivity index (χ4n) is 2.91. The van der Waals surface area contributed by atoms with E-state index in [9.17, 15) is 4.79 Å². The molecule has 0 unspecified atom stereocenters. The van der Waals surface area contributed by atoms with E-state index >= 15 is 0 Å². The lowest BCUT2D eigenvalue weighted by molar-refractivity contribution is 0.731. The van der Waals surface area contributed by atoms with E-state index in [2.05, 4.69) is 4.98 Å². The highest BCUT2D eigenvalue weighted by molar-refractivity contribution is 5.82. The zero-order valence-corrected chi connectivity index (χ0v) is 11.9. The highest BCUT2D eigenvalue weighted by Gasteiger charge is 2.28. The summed E-state index contributed by atoms with van der Waals surface area (Å²) in [5, 5.41) is 1.03. The molecule has 104 valence electrons. The van der Waals surface area contributed by atoms with Crippen molar-refractivity contribution in [2.75, 3.05) is 0 Å². The number of rotatable bonds is 2. The van der Waals surface area contributed by atoms with Crippen molar-refractivity contribution in [1.82, 2.24) is 9.55 Å². The molecule has 4 rings (SSSR count). The second kappa shape index (κ2) is 4.55. The molecule has 1 aromatic carbocycles. The number of nitrogens with zero attached hydrogens (tertiary/aromatic N) is 2. The van der Waals surface area contributed by atoms with Crippen LogP contribution in [0.2, 0.25) is 0 Å². The van der Waals surface area contributed by atoms with Gasteiger partial charge in [-0.1, -0.05) is 24.3 Å². The Morgan fingerprint density at radius 1 is 1.10 bits per heavy atom. The number of fused-ring (bicyclic) bond motifs is 1. The van der Waals surface area contributed by atoms with Gasteiger partial charge in [-0.2, -0.15) is 0 Å². The van der Waals surface area contributed by atoms with Gasteiger partial charge in [-0.15, -0.1) is 0 Å². The zero-order valence-electron chi connectivity index (χ0n) is 11.9. The van der Waals surface area contributed by atoms with Gasteiger partial charge in [-0.05, 0) is 49.1 Å². The first kappa shape index (κ1) is 12.3. The van der Waals surface area contributed by atoms with Crippen molar-refractivity contribution in [3.8, 4) is 11.1 Å². The van der Waals surface area contributed by atoms with Crippen molar-refractivity contribution in [1.29, 1.82) is 0 Å². The maximum absolute atomic E-state index is 12.9. The molecular formula is C18H16N2O. The van der Waals surface area contributed by atoms with Crippen molar-refractivity contribution in [3.05, 3.63) is 64.6 Å². The van der Waals surface area contributed by atoms with E-state index in [1.807, 2.05) is 54.0 Å². The van der Waals surface area contributed by atoms with Gasteiger partial charge in [0.05, 0.1) is 0 Å². The molecule has 3 aromatic rings. The molecule has 1 fully saturated rings. The Bertz CT molecular complexity index is 891. The SMILES string of the molecule is Cc1ccccc1-c1cc2cccnc2n(C2CC2)c1=O. The highest BCUT2D eigenvalue weighted by Crippen LogP contribution is 2.36. The van der Waals surface area contributed by atoms with E-state index in [-0.39, 0.29) is 5.56 Å². The van der Waals surface area contributed by atoms with Gasteiger partial charge in [0.1, 0.15) is 5.65 Å². The van der Waals surface area contributed by atoms with Crippen molar-refractivity contribution in [3.63, 3.8) is 0 Å². The Balaban J connectivity index is 2.09. The summed E-state index contributed by atoms with van der Waals surface area (Å²) in [7, 11) is 0. The lowest BCUT2D eigenvalue weighted by Gasteiger charge is -2.12. The highest BCUT2D eigenvalue weighted by atomic mass is 16.1. The van der Waals surface area contributed by atoms with E-state index in [4.69, 9.17) is 0 Å². The smallest absolute Gasteiger partial charge is 0.260 e. The molecule has 0 aliphatic heterocycles. The minimum atomic E-state index is 0.0815. The fourth-order valence-corrected chi connectivity index (χ4v) is 2.91. The average molecular weight is 276 g/mol. The predicted octanol–water partition coefficient (Wildman–Crippen LogP) is 3.71. The molecule has 0 atom stereocenters. The molecule has 1 aliphatic rings. The molecule has 2 heterocycles. The topological polar surface area (TPSA) is 34.9 Å². The monoisotopic (exact) mass is 276 g/mol. The largest absolute Gasteiger partial charge is 0.289 e. The van der Waals surface area contributed by atoms with E-state index in [1.165, 1.54) is 0 Å². The van der Waals surface area contributed by atoms with E-state index in [0.29, 0.717) is 6.04 Å². The van der Waals surface area contributed by atoms with Gasteiger partial charge in [-0.3, -0.25) is 9.36 Å². The predicted molar refractivity (Wildman–Crippen MR) is 84.4 cm³/mol. The number of hydrogen-bond acceptors (Lipinski definition) is 2. The summed E-state index contributed by atoms with van der Waals surface area (Å²) in [5.41, 5.74) is 3.81. The van der Waals surface area contributed by atoms with Crippen LogP contribution in [0.1, 0.15) is 24.4 Å². The Morgan fingerprint density at radius 2 is 1.90 bits per heavy atom. The number of hydrogen-bond donors (Lipinski definition) is 0. The number of pyridine rings is 2. The van der Waals surface area contributed by atoms with E-state index in [1.54, 1.807) is 6.20 Å². The molecule has 1 aliphatic carbocycles. The van der Waals surface area contributed by atoms with Crippen LogP contribution in [-0.2, 0) is 0 Å². The summed E-state index contributed by atoms with van der Waals surface area (Å²) in [6, 6.07) is 14.3. The minimum absolute atomic E-state index is 0.0815. The quantitative estimate of drug-likeness (QED) is 0.715. The van der Waals surface area contributed by atoms with Gasteiger partial charge in [0, 0.05) is 23.2 Å². The molecular weight excluding hydrogens is 260 g/mol. The Labute approximate surface area is 122 Å². The molecule has 0 radical (unpaired) electrons. The Kier molecular flexibility index (Phi) is 2.67. The summed E-state index contributed by atoms with van der Waals surface area (Å²) in [5.74, 6) is 0. The molecule has 3 heteroatoms. The molecule has 0 spiro atoms. The van der Waals surface area contributed by atoms with Gasteiger partial charge in [0.25, 0.3) is 5.56 Å². The average Bonchev–Trinajstić information content (AvgIpc) is 3.32. The fraction of sp³-hybridized carbons (Fsp3) is 0.222. The van der Waals surface area contributed by atoms with E-state index < -0.39 is 0 Å². The second-order valence-electron chi connectivity index (χ2n) is 5.70. The van der Waals surface area contributed by atoms with Crippen LogP contribution in [0, 0.1) is 6.92 Å². The first-order chi connectivity index (χ1) is 10.3. The second-order valence-corrected chi connectivity index (χ2v) is 5.70. The minimum Gasteiger partial charge on any atom is -0.289 e. The normalized spacial score (nSPS) is 14.5. The standard InChI is InChI=1S/C18H16N2O/c1-12-5-2-3-7-15(12)16-11-13-6-4-10-19-17(13)20(18(16)21)14-8-9-14/h2-7,10-11,14H,8-9H2,1H3. The molecule has 21 heavy (non-hydrogen) atoms. The summed E-state index contributed by atoms with van der Waals surface area (Å²) < 4.78 is 1.89. The van der Waals surface area contributed by atoms with E-state index in [0.717, 1.165) is 40.6 Å². The van der Waals surface area contributed by atoms with Crippen LogP contribution in [0.15, 0.2) is 53.5 Å². The lowest BCUT2D eigenvalue weighted by atomic mass is 10.0. The van der Waals surface area contributed by atoms with Crippen LogP contribution >= 0.6 is 0 Å². The first-order valence-electron chi connectivity index (χ1n) is 7.32. The van der Waals surface area contributed by atoms with Crippen molar-refractivity contribution < 1.29 is 0 Å². The van der Waals surface area contributed by atoms with Gasteiger partial charge in [0.15, 0.2) is 0 Å². The maximum atomic E-state index is 12.9. The molecule has 2 aromatic heterocycles. The zero-order chi connectivity index (χ0) is 14.4. The number of aromatic nitrogens is 2. The van der Waals surface area contributed by atoms with Crippen LogP contribution in [-0.4, -0.2) is 9.55 Å². The van der Waals surface area contributed by atoms with Crippen LogP contribution < -0.4 is 5.56 Å². The van der Waals surface area contributed by atoms with Crippen LogP contribution in [0.4, 0.5) is 0 Å². The van der Waals surface area contributed by atoms with Gasteiger partial charge >= 0.3 is 0 Å². The maximum Gasteiger partial charge on any atom is 0.260 e. The lowest BCUT2D eigenvalue weighted by Crippen LogP contribution is -2.22. The summed E-state index contributed by atoms with van der Waals surface area (Å²) in [6.45, 7) is 2.05. The molecule has 0 N–H and O–H groups in total. The summed E-state index contributed by atoms with van der Waals surface area (Å²) in [4.78, 5) is 17.4. The van der Waals surface area contributed by atoms with Crippen LogP contribution in [0.25, 0.3) is 22.2 Å². The number of aryl methyl sites for hydroxylation is 1. The third kappa shape index (κ3) is 1.97. The number of benzene rings is 1. The van der Waals surface area contributed by atoms with Crippen molar-refractivity contribution in [2.24, 2.45) is 0 Å². The van der Waals surface area contributed by atoms with Crippen LogP contribution in [0.5, 0.6) is 0 Å². The van der Waals surface area contributed by atoms with Gasteiger partial charge < -0.3 is 0 Å².